The van der Waals surface area contributed by atoms with Crippen LogP contribution in [0, 0.1) is 0 Å². The zero-order chi connectivity index (χ0) is 14.5. The van der Waals surface area contributed by atoms with Crippen LogP contribution >= 0.6 is 0 Å². The van der Waals surface area contributed by atoms with Crippen molar-refractivity contribution < 1.29 is 4.42 Å². The number of pyridine rings is 1. The summed E-state index contributed by atoms with van der Waals surface area (Å²) in [5.41, 5.74) is 8.78. The first-order chi connectivity index (χ1) is 10.4. The van der Waals surface area contributed by atoms with Gasteiger partial charge in [0.25, 0.3) is 0 Å². The summed E-state index contributed by atoms with van der Waals surface area (Å²) < 4.78 is 5.32. The van der Waals surface area contributed by atoms with Gasteiger partial charge < -0.3 is 15.5 Å². The molecule has 2 heterocycles. The lowest BCUT2D eigenvalue weighted by molar-refractivity contribution is 0.517. The minimum atomic E-state index is 0.447. The van der Waals surface area contributed by atoms with Crippen molar-refractivity contribution in [2.45, 2.75) is 13.1 Å². The summed E-state index contributed by atoms with van der Waals surface area (Å²) in [5, 5.41) is 3.29. The molecule has 0 aliphatic carbocycles. The molecule has 0 aliphatic rings. The number of nitrogens with two attached hydrogens (primary N) is 1. The normalized spacial score (nSPS) is 10.5. The Morgan fingerprint density at radius 1 is 1.00 bits per heavy atom. The summed E-state index contributed by atoms with van der Waals surface area (Å²) in [6, 6.07) is 17.9. The molecule has 0 bridgehead atoms. The lowest BCUT2D eigenvalue weighted by Gasteiger charge is -2.11. The number of rotatable bonds is 5. The first kappa shape index (κ1) is 13.4. The average Bonchev–Trinajstić information content (AvgIpc) is 3.07. The van der Waals surface area contributed by atoms with Gasteiger partial charge in [0, 0.05) is 17.7 Å². The summed E-state index contributed by atoms with van der Waals surface area (Å²) in [6.07, 6.45) is 1.66. The second-order valence-corrected chi connectivity index (χ2v) is 4.71. The zero-order valence-corrected chi connectivity index (χ0v) is 11.6. The molecule has 0 unspecified atom stereocenters. The molecular formula is C17H17N3O. The van der Waals surface area contributed by atoms with Crippen LogP contribution < -0.4 is 11.1 Å². The zero-order valence-electron chi connectivity index (χ0n) is 11.6. The summed E-state index contributed by atoms with van der Waals surface area (Å²) in [4.78, 5) is 4.68. The minimum Gasteiger partial charge on any atom is -0.467 e. The van der Waals surface area contributed by atoms with Gasteiger partial charge in [-0.3, -0.25) is 0 Å². The van der Waals surface area contributed by atoms with Crippen LogP contribution in [0.3, 0.4) is 0 Å². The molecule has 0 amide bonds. The molecule has 0 atom stereocenters. The lowest BCUT2D eigenvalue weighted by Crippen LogP contribution is -2.07. The third-order valence-electron chi connectivity index (χ3n) is 3.28. The molecule has 4 heteroatoms. The van der Waals surface area contributed by atoms with Crippen molar-refractivity contribution in [3.05, 3.63) is 72.2 Å². The second kappa shape index (κ2) is 6.24. The second-order valence-electron chi connectivity index (χ2n) is 4.71. The van der Waals surface area contributed by atoms with E-state index in [1.165, 1.54) is 0 Å². The maximum Gasteiger partial charge on any atom is 0.131 e. The first-order valence-electron chi connectivity index (χ1n) is 6.88. The molecular weight excluding hydrogens is 262 g/mol. The number of benzene rings is 1. The molecule has 3 aromatic rings. The number of nitrogens with zero attached hydrogens (tertiary/aromatic N) is 1. The van der Waals surface area contributed by atoms with Crippen LogP contribution in [0.4, 0.5) is 5.82 Å². The van der Waals surface area contributed by atoms with E-state index in [4.69, 9.17) is 10.2 Å². The lowest BCUT2D eigenvalue weighted by atomic mass is 10.1. The maximum absolute atomic E-state index is 5.78. The predicted molar refractivity (Wildman–Crippen MR) is 83.6 cm³/mol. The van der Waals surface area contributed by atoms with Crippen LogP contribution in [0.1, 0.15) is 11.3 Å². The fourth-order valence-electron chi connectivity index (χ4n) is 2.16. The van der Waals surface area contributed by atoms with E-state index in [0.717, 1.165) is 28.4 Å². The Kier molecular flexibility index (Phi) is 3.98. The van der Waals surface area contributed by atoms with Crippen LogP contribution in [-0.2, 0) is 13.1 Å². The molecule has 0 radical (unpaired) electrons. The van der Waals surface area contributed by atoms with Crippen molar-refractivity contribution in [3.8, 4) is 11.3 Å². The molecule has 106 valence electrons. The Labute approximate surface area is 123 Å². The van der Waals surface area contributed by atoms with E-state index in [1.54, 1.807) is 6.26 Å². The molecule has 4 nitrogen and oxygen atoms in total. The Hall–Kier alpha value is -2.59. The van der Waals surface area contributed by atoms with Gasteiger partial charge in [0.05, 0.1) is 18.5 Å². The molecule has 0 aliphatic heterocycles. The fraction of sp³-hybridized carbons (Fsp3) is 0.118. The first-order valence-corrected chi connectivity index (χ1v) is 6.88. The summed E-state index contributed by atoms with van der Waals surface area (Å²) in [7, 11) is 0. The highest BCUT2D eigenvalue weighted by Gasteiger charge is 2.07. The Morgan fingerprint density at radius 3 is 2.57 bits per heavy atom. The largest absolute Gasteiger partial charge is 0.467 e. The van der Waals surface area contributed by atoms with Gasteiger partial charge in [-0.05, 0) is 18.2 Å². The van der Waals surface area contributed by atoms with Gasteiger partial charge in [0.15, 0.2) is 0 Å². The SMILES string of the molecule is NCc1ccc(-c2ccccc2)nc1NCc1ccco1. The van der Waals surface area contributed by atoms with Crippen LogP contribution in [0.2, 0.25) is 0 Å². The maximum atomic E-state index is 5.78. The van der Waals surface area contributed by atoms with Gasteiger partial charge in [-0.2, -0.15) is 0 Å². The Morgan fingerprint density at radius 2 is 1.86 bits per heavy atom. The van der Waals surface area contributed by atoms with E-state index < -0.39 is 0 Å². The van der Waals surface area contributed by atoms with Gasteiger partial charge in [-0.1, -0.05) is 36.4 Å². The minimum absolute atomic E-state index is 0.447. The van der Waals surface area contributed by atoms with Gasteiger partial charge >= 0.3 is 0 Å². The van der Waals surface area contributed by atoms with Crippen molar-refractivity contribution in [2.75, 3.05) is 5.32 Å². The van der Waals surface area contributed by atoms with Crippen LogP contribution in [0.15, 0.2) is 65.3 Å². The van der Waals surface area contributed by atoms with Crippen molar-refractivity contribution in [3.63, 3.8) is 0 Å². The van der Waals surface area contributed by atoms with E-state index in [0.29, 0.717) is 13.1 Å². The van der Waals surface area contributed by atoms with E-state index in [2.05, 4.69) is 10.3 Å². The summed E-state index contributed by atoms with van der Waals surface area (Å²) in [5.74, 6) is 1.67. The van der Waals surface area contributed by atoms with Crippen molar-refractivity contribution in [2.24, 2.45) is 5.73 Å². The number of furan rings is 1. The highest BCUT2D eigenvalue weighted by atomic mass is 16.3. The van der Waals surface area contributed by atoms with Crippen molar-refractivity contribution in [1.82, 2.24) is 4.98 Å². The third-order valence-corrected chi connectivity index (χ3v) is 3.28. The highest BCUT2D eigenvalue weighted by Crippen LogP contribution is 2.22. The standard InChI is InChI=1S/C17H17N3O/c18-11-14-8-9-16(13-5-2-1-3-6-13)20-17(14)19-12-15-7-4-10-21-15/h1-10H,11-12,18H2,(H,19,20). The van der Waals surface area contributed by atoms with Gasteiger partial charge in [-0.15, -0.1) is 0 Å². The van der Waals surface area contributed by atoms with Gasteiger partial charge in [0.1, 0.15) is 11.6 Å². The van der Waals surface area contributed by atoms with Crippen molar-refractivity contribution in [1.29, 1.82) is 0 Å². The molecule has 0 fully saturated rings. The van der Waals surface area contributed by atoms with Crippen LogP contribution in [-0.4, -0.2) is 4.98 Å². The van der Waals surface area contributed by atoms with Crippen LogP contribution in [0.25, 0.3) is 11.3 Å². The summed E-state index contributed by atoms with van der Waals surface area (Å²) in [6.45, 7) is 1.04. The van der Waals surface area contributed by atoms with E-state index in [1.807, 2.05) is 54.6 Å². The molecule has 1 aromatic carbocycles. The molecule has 2 aromatic heterocycles. The Balaban J connectivity index is 1.86. The van der Waals surface area contributed by atoms with Gasteiger partial charge in [0.2, 0.25) is 0 Å². The molecule has 0 spiro atoms. The molecule has 21 heavy (non-hydrogen) atoms. The Bertz CT molecular complexity index is 693. The van der Waals surface area contributed by atoms with E-state index >= 15 is 0 Å². The number of hydrogen-bond acceptors (Lipinski definition) is 4. The molecule has 0 saturated heterocycles. The van der Waals surface area contributed by atoms with Gasteiger partial charge in [-0.25, -0.2) is 4.98 Å². The number of aromatic nitrogens is 1. The number of anilines is 1. The quantitative estimate of drug-likeness (QED) is 0.751. The highest BCUT2D eigenvalue weighted by molar-refractivity contribution is 5.62. The van der Waals surface area contributed by atoms with Crippen LogP contribution in [0.5, 0.6) is 0 Å². The number of hydrogen-bond donors (Lipinski definition) is 2. The van der Waals surface area contributed by atoms with E-state index in [9.17, 15) is 0 Å². The fourth-order valence-corrected chi connectivity index (χ4v) is 2.16. The molecule has 3 N–H and O–H groups in total. The predicted octanol–water partition coefficient (Wildman–Crippen LogP) is 3.41. The van der Waals surface area contributed by atoms with E-state index in [-0.39, 0.29) is 0 Å². The third kappa shape index (κ3) is 3.12. The molecule has 0 saturated carbocycles. The smallest absolute Gasteiger partial charge is 0.131 e. The topological polar surface area (TPSA) is 64.1 Å². The average molecular weight is 279 g/mol. The number of nitrogens with one attached hydrogen (secondary N) is 1. The van der Waals surface area contributed by atoms with Crippen molar-refractivity contribution >= 4 is 5.82 Å². The molecule has 3 rings (SSSR count). The monoisotopic (exact) mass is 279 g/mol. The summed E-state index contributed by atoms with van der Waals surface area (Å²) >= 11 is 0.